The van der Waals surface area contributed by atoms with Gasteiger partial charge in [-0.1, -0.05) is 28.1 Å². The summed E-state index contributed by atoms with van der Waals surface area (Å²) in [5.41, 5.74) is 6.66. The number of halogens is 1. The number of carbonyl (C=O) groups is 1. The smallest absolute Gasteiger partial charge is 0.179 e. The summed E-state index contributed by atoms with van der Waals surface area (Å²) in [6.45, 7) is 3.83. The minimum Gasteiger partial charge on any atom is -0.328 e. The number of likely N-dealkylation sites (tertiary alicyclic amines) is 1. The highest BCUT2D eigenvalue weighted by Crippen LogP contribution is 2.17. The molecule has 1 aliphatic heterocycles. The van der Waals surface area contributed by atoms with Gasteiger partial charge in [-0.15, -0.1) is 0 Å². The van der Waals surface area contributed by atoms with Crippen molar-refractivity contribution in [3.63, 3.8) is 0 Å². The third-order valence-corrected chi connectivity index (χ3v) is 4.16. The molecule has 2 rings (SSSR count). The molecule has 1 aliphatic rings. The van der Waals surface area contributed by atoms with E-state index >= 15 is 0 Å². The van der Waals surface area contributed by atoms with Crippen LogP contribution in [0.4, 0.5) is 0 Å². The molecule has 1 aromatic carbocycles. The quantitative estimate of drug-likeness (QED) is 0.872. The first-order valence-electron chi connectivity index (χ1n) is 6.37. The Balaban J connectivity index is 2.02. The van der Waals surface area contributed by atoms with Gasteiger partial charge in [0.05, 0.1) is 6.04 Å². The predicted octanol–water partition coefficient (Wildman–Crippen LogP) is 2.44. The Morgan fingerprint density at radius 3 is 2.44 bits per heavy atom. The molecule has 1 aromatic rings. The molecule has 1 atom stereocenters. The van der Waals surface area contributed by atoms with E-state index < -0.39 is 0 Å². The molecule has 1 heterocycles. The average Bonchev–Trinajstić information content (AvgIpc) is 2.39. The van der Waals surface area contributed by atoms with Crippen LogP contribution >= 0.6 is 15.9 Å². The van der Waals surface area contributed by atoms with E-state index in [1.165, 1.54) is 0 Å². The number of piperidine rings is 1. The highest BCUT2D eigenvalue weighted by molar-refractivity contribution is 9.10. The maximum Gasteiger partial charge on any atom is 0.179 e. The minimum atomic E-state index is -0.0568. The molecule has 0 amide bonds. The second-order valence-electron chi connectivity index (χ2n) is 4.92. The maximum absolute atomic E-state index is 12.3. The van der Waals surface area contributed by atoms with Crippen molar-refractivity contribution in [2.75, 3.05) is 13.1 Å². The van der Waals surface area contributed by atoms with Crippen molar-refractivity contribution in [3.8, 4) is 0 Å². The third kappa shape index (κ3) is 3.19. The standard InChI is InChI=1S/C14H19BrN2O/c1-10(17-8-6-13(16)7-9-17)14(18)11-2-4-12(15)5-3-11/h2-5,10,13H,6-9,16H2,1H3. The fraction of sp³-hybridized carbons (Fsp3) is 0.500. The summed E-state index contributed by atoms with van der Waals surface area (Å²) in [7, 11) is 0. The minimum absolute atomic E-state index is 0.0568. The van der Waals surface area contributed by atoms with E-state index in [1.54, 1.807) is 0 Å². The van der Waals surface area contributed by atoms with Crippen LogP contribution in [0.1, 0.15) is 30.1 Å². The number of Topliss-reactive ketones (excluding diaryl/α,β-unsaturated/α-hetero) is 1. The molecule has 0 radical (unpaired) electrons. The number of benzene rings is 1. The first-order valence-corrected chi connectivity index (χ1v) is 7.16. The summed E-state index contributed by atoms with van der Waals surface area (Å²) in [6.07, 6.45) is 1.97. The molecule has 2 N–H and O–H groups in total. The van der Waals surface area contributed by atoms with E-state index in [0.29, 0.717) is 6.04 Å². The molecule has 3 nitrogen and oxygen atoms in total. The largest absolute Gasteiger partial charge is 0.328 e. The second-order valence-corrected chi connectivity index (χ2v) is 5.84. The van der Waals surface area contributed by atoms with Crippen molar-refractivity contribution >= 4 is 21.7 Å². The number of hydrogen-bond acceptors (Lipinski definition) is 3. The normalized spacial score (nSPS) is 19.7. The van der Waals surface area contributed by atoms with Gasteiger partial charge in [0, 0.05) is 29.2 Å². The number of rotatable bonds is 3. The van der Waals surface area contributed by atoms with Gasteiger partial charge in [-0.3, -0.25) is 9.69 Å². The number of ketones is 1. The van der Waals surface area contributed by atoms with Gasteiger partial charge in [-0.25, -0.2) is 0 Å². The number of nitrogens with zero attached hydrogens (tertiary/aromatic N) is 1. The van der Waals surface area contributed by atoms with Crippen LogP contribution in [-0.4, -0.2) is 35.9 Å². The summed E-state index contributed by atoms with van der Waals surface area (Å²) in [4.78, 5) is 14.6. The van der Waals surface area contributed by atoms with Crippen molar-refractivity contribution in [1.29, 1.82) is 0 Å². The monoisotopic (exact) mass is 310 g/mol. The van der Waals surface area contributed by atoms with Crippen LogP contribution in [0.2, 0.25) is 0 Å². The molecule has 0 spiro atoms. The Kier molecular flexibility index (Phi) is 4.54. The SMILES string of the molecule is CC(C(=O)c1ccc(Br)cc1)N1CCC(N)CC1. The van der Waals surface area contributed by atoms with E-state index in [4.69, 9.17) is 5.73 Å². The van der Waals surface area contributed by atoms with Gasteiger partial charge < -0.3 is 5.73 Å². The van der Waals surface area contributed by atoms with Gasteiger partial charge in [-0.2, -0.15) is 0 Å². The summed E-state index contributed by atoms with van der Waals surface area (Å²) < 4.78 is 0.996. The van der Waals surface area contributed by atoms with Crippen LogP contribution in [0, 0.1) is 0 Å². The molecular weight excluding hydrogens is 292 g/mol. The molecule has 4 heteroatoms. The van der Waals surface area contributed by atoms with Crippen LogP contribution in [0.5, 0.6) is 0 Å². The summed E-state index contributed by atoms with van der Waals surface area (Å²) in [5, 5.41) is 0. The third-order valence-electron chi connectivity index (χ3n) is 3.63. The average molecular weight is 311 g/mol. The molecule has 0 aromatic heterocycles. The molecule has 0 aliphatic carbocycles. The Hall–Kier alpha value is -0.710. The van der Waals surface area contributed by atoms with Crippen molar-refractivity contribution in [1.82, 2.24) is 4.90 Å². The van der Waals surface area contributed by atoms with E-state index in [9.17, 15) is 4.79 Å². The Morgan fingerprint density at radius 2 is 1.89 bits per heavy atom. The van der Waals surface area contributed by atoms with Crippen LogP contribution in [0.3, 0.4) is 0 Å². The zero-order valence-electron chi connectivity index (χ0n) is 10.6. The topological polar surface area (TPSA) is 46.3 Å². The zero-order chi connectivity index (χ0) is 13.1. The van der Waals surface area contributed by atoms with E-state index in [0.717, 1.165) is 36.0 Å². The van der Waals surface area contributed by atoms with Crippen LogP contribution < -0.4 is 5.73 Å². The molecule has 1 fully saturated rings. The molecule has 98 valence electrons. The molecule has 0 bridgehead atoms. The van der Waals surface area contributed by atoms with Crippen molar-refractivity contribution < 1.29 is 4.79 Å². The van der Waals surface area contributed by atoms with Gasteiger partial charge in [-0.05, 0) is 31.9 Å². The summed E-state index contributed by atoms with van der Waals surface area (Å²) in [5.74, 6) is 0.193. The molecule has 1 saturated heterocycles. The van der Waals surface area contributed by atoms with Gasteiger partial charge in [0.2, 0.25) is 0 Å². The van der Waals surface area contributed by atoms with Gasteiger partial charge in [0.25, 0.3) is 0 Å². The van der Waals surface area contributed by atoms with Gasteiger partial charge >= 0.3 is 0 Å². The lowest BCUT2D eigenvalue weighted by Crippen LogP contribution is -2.46. The Labute approximate surface area is 116 Å². The maximum atomic E-state index is 12.3. The Morgan fingerprint density at radius 1 is 1.33 bits per heavy atom. The predicted molar refractivity (Wildman–Crippen MR) is 76.7 cm³/mol. The lowest BCUT2D eigenvalue weighted by atomic mass is 10.00. The van der Waals surface area contributed by atoms with Crippen LogP contribution in [0.25, 0.3) is 0 Å². The fourth-order valence-electron chi connectivity index (χ4n) is 2.33. The first-order chi connectivity index (χ1) is 8.58. The first kappa shape index (κ1) is 13.7. The van der Waals surface area contributed by atoms with Crippen molar-refractivity contribution in [2.45, 2.75) is 31.8 Å². The molecular formula is C14H19BrN2O. The van der Waals surface area contributed by atoms with E-state index in [-0.39, 0.29) is 11.8 Å². The van der Waals surface area contributed by atoms with E-state index in [1.807, 2.05) is 31.2 Å². The molecule has 0 saturated carbocycles. The van der Waals surface area contributed by atoms with E-state index in [2.05, 4.69) is 20.8 Å². The van der Waals surface area contributed by atoms with Crippen LogP contribution in [0.15, 0.2) is 28.7 Å². The van der Waals surface area contributed by atoms with Crippen molar-refractivity contribution in [2.24, 2.45) is 5.73 Å². The summed E-state index contributed by atoms with van der Waals surface area (Å²) in [6, 6.07) is 7.81. The second kappa shape index (κ2) is 5.95. The lowest BCUT2D eigenvalue weighted by molar-refractivity contribution is 0.0798. The highest BCUT2D eigenvalue weighted by Gasteiger charge is 2.25. The number of nitrogens with two attached hydrogens (primary N) is 1. The van der Waals surface area contributed by atoms with Gasteiger partial charge in [0.1, 0.15) is 0 Å². The number of carbonyl (C=O) groups excluding carboxylic acids is 1. The molecule has 1 unspecified atom stereocenters. The zero-order valence-corrected chi connectivity index (χ0v) is 12.2. The van der Waals surface area contributed by atoms with Gasteiger partial charge in [0.15, 0.2) is 5.78 Å². The lowest BCUT2D eigenvalue weighted by Gasteiger charge is -2.34. The Bertz CT molecular complexity index is 410. The summed E-state index contributed by atoms with van der Waals surface area (Å²) >= 11 is 3.38. The highest BCUT2D eigenvalue weighted by atomic mass is 79.9. The van der Waals surface area contributed by atoms with Crippen molar-refractivity contribution in [3.05, 3.63) is 34.3 Å². The van der Waals surface area contributed by atoms with Crippen LogP contribution in [-0.2, 0) is 0 Å². The fourth-order valence-corrected chi connectivity index (χ4v) is 2.59. The molecule has 18 heavy (non-hydrogen) atoms. The number of hydrogen-bond donors (Lipinski definition) is 1.